The van der Waals surface area contributed by atoms with E-state index in [1.807, 2.05) is 6.92 Å². The highest BCUT2D eigenvalue weighted by molar-refractivity contribution is 5.02. The zero-order chi connectivity index (χ0) is 24.3. The van der Waals surface area contributed by atoms with Gasteiger partial charge in [-0.25, -0.2) is 0 Å². The zero-order valence-electron chi connectivity index (χ0n) is 19.8. The number of hydrogen-bond donors (Lipinski definition) is 8. The molecule has 1 aliphatic carbocycles. The van der Waals surface area contributed by atoms with Crippen molar-refractivity contribution in [3.63, 3.8) is 0 Å². The molecule has 3 aliphatic rings. The van der Waals surface area contributed by atoms with Crippen LogP contribution >= 0.6 is 0 Å². The molecular weight excluding hydrogens is 434 g/mol. The Bertz CT molecular complexity index is 618. The summed E-state index contributed by atoms with van der Waals surface area (Å²) in [6, 6.07) is -1.84. The molecule has 0 amide bonds. The van der Waals surface area contributed by atoms with E-state index >= 15 is 0 Å². The number of aliphatic hydroxyl groups is 3. The van der Waals surface area contributed by atoms with Gasteiger partial charge in [0.05, 0.1) is 24.8 Å². The minimum Gasteiger partial charge on any atom is -0.388 e. The Morgan fingerprint density at radius 2 is 1.76 bits per heavy atom. The molecule has 0 aromatic rings. The maximum Gasteiger partial charge on any atom is 0.185 e. The number of nitrogens with two attached hydrogens (primary N) is 3. The Morgan fingerprint density at radius 3 is 2.39 bits per heavy atom. The van der Waals surface area contributed by atoms with Gasteiger partial charge in [-0.1, -0.05) is 6.92 Å². The number of hydrogen-bond acceptors (Lipinski definition) is 12. The number of nitrogens with one attached hydrogen (secondary N) is 2. The van der Waals surface area contributed by atoms with Crippen molar-refractivity contribution in [3.8, 4) is 0 Å². The lowest BCUT2D eigenvalue weighted by Gasteiger charge is -2.49. The average Bonchev–Trinajstić information content (AvgIpc) is 2.76. The van der Waals surface area contributed by atoms with E-state index in [-0.39, 0.29) is 24.8 Å². The smallest absolute Gasteiger partial charge is 0.185 e. The summed E-state index contributed by atoms with van der Waals surface area (Å²) in [7, 11) is 1.65. The molecule has 194 valence electrons. The molecule has 2 aliphatic heterocycles. The molecule has 2 saturated heterocycles. The van der Waals surface area contributed by atoms with Crippen molar-refractivity contribution in [2.24, 2.45) is 17.2 Å². The fourth-order valence-electron chi connectivity index (χ4n) is 5.11. The van der Waals surface area contributed by atoms with Crippen LogP contribution in [0, 0.1) is 0 Å². The van der Waals surface area contributed by atoms with Crippen molar-refractivity contribution < 1.29 is 34.3 Å². The van der Waals surface area contributed by atoms with E-state index in [4.69, 9.17) is 36.1 Å². The van der Waals surface area contributed by atoms with Crippen LogP contribution in [-0.4, -0.2) is 115 Å². The lowest BCUT2D eigenvalue weighted by molar-refractivity contribution is -0.308. The molecule has 0 aromatic heterocycles. The minimum absolute atomic E-state index is 0.0421. The van der Waals surface area contributed by atoms with Gasteiger partial charge >= 0.3 is 0 Å². The molecule has 0 radical (unpaired) electrons. The van der Waals surface area contributed by atoms with E-state index in [1.54, 1.807) is 14.0 Å². The minimum atomic E-state index is -1.28. The van der Waals surface area contributed by atoms with Gasteiger partial charge in [0.25, 0.3) is 0 Å². The largest absolute Gasteiger partial charge is 0.388 e. The Hall–Kier alpha value is -0.480. The summed E-state index contributed by atoms with van der Waals surface area (Å²) < 4.78 is 23.7. The molecule has 1 saturated carbocycles. The quantitative estimate of drug-likeness (QED) is 0.173. The van der Waals surface area contributed by atoms with Crippen LogP contribution in [0.1, 0.15) is 33.1 Å². The Kier molecular flexibility index (Phi) is 9.45. The van der Waals surface area contributed by atoms with Crippen LogP contribution in [0.4, 0.5) is 0 Å². The highest BCUT2D eigenvalue weighted by Gasteiger charge is 2.51. The fourth-order valence-corrected chi connectivity index (χ4v) is 5.11. The summed E-state index contributed by atoms with van der Waals surface area (Å²) in [6.45, 7) is 4.47. The van der Waals surface area contributed by atoms with Crippen LogP contribution in [0.25, 0.3) is 0 Å². The van der Waals surface area contributed by atoms with Gasteiger partial charge in [0.1, 0.15) is 30.0 Å². The first-order valence-electron chi connectivity index (χ1n) is 11.9. The van der Waals surface area contributed by atoms with Gasteiger partial charge < -0.3 is 62.1 Å². The molecule has 2 heterocycles. The molecule has 3 rings (SSSR count). The van der Waals surface area contributed by atoms with Crippen LogP contribution in [0.2, 0.25) is 0 Å². The summed E-state index contributed by atoms with van der Waals surface area (Å²) in [5.74, 6) is 0. The maximum absolute atomic E-state index is 11.3. The van der Waals surface area contributed by atoms with Gasteiger partial charge in [-0.05, 0) is 39.8 Å². The van der Waals surface area contributed by atoms with Gasteiger partial charge in [-0.15, -0.1) is 0 Å². The van der Waals surface area contributed by atoms with Crippen LogP contribution in [0.5, 0.6) is 0 Å². The van der Waals surface area contributed by atoms with E-state index in [9.17, 15) is 15.3 Å². The number of rotatable bonds is 8. The molecular formula is C21H43N5O7. The van der Waals surface area contributed by atoms with E-state index in [1.165, 1.54) is 0 Å². The van der Waals surface area contributed by atoms with Crippen LogP contribution in [-0.2, 0) is 18.9 Å². The number of ether oxygens (including phenoxy) is 4. The molecule has 1 unspecified atom stereocenters. The first-order chi connectivity index (χ1) is 15.6. The maximum atomic E-state index is 11.3. The van der Waals surface area contributed by atoms with Crippen molar-refractivity contribution in [1.82, 2.24) is 10.6 Å². The molecule has 0 bridgehead atoms. The summed E-state index contributed by atoms with van der Waals surface area (Å²) in [4.78, 5) is 0. The highest BCUT2D eigenvalue weighted by Crippen LogP contribution is 2.32. The zero-order valence-corrected chi connectivity index (χ0v) is 19.8. The summed E-state index contributed by atoms with van der Waals surface area (Å²) >= 11 is 0. The van der Waals surface area contributed by atoms with Crippen molar-refractivity contribution in [3.05, 3.63) is 0 Å². The summed E-state index contributed by atoms with van der Waals surface area (Å²) in [5, 5.41) is 38.8. The van der Waals surface area contributed by atoms with Crippen LogP contribution in [0.3, 0.4) is 0 Å². The second-order valence-corrected chi connectivity index (χ2v) is 9.65. The predicted molar refractivity (Wildman–Crippen MR) is 120 cm³/mol. The second kappa shape index (κ2) is 11.5. The van der Waals surface area contributed by atoms with Crippen molar-refractivity contribution >= 4 is 0 Å². The van der Waals surface area contributed by atoms with E-state index in [2.05, 4.69) is 10.6 Å². The monoisotopic (exact) mass is 477 g/mol. The molecule has 12 heteroatoms. The third-order valence-electron chi connectivity index (χ3n) is 6.97. The van der Waals surface area contributed by atoms with Gasteiger partial charge in [0, 0.05) is 18.6 Å². The molecule has 12 atom stereocenters. The summed E-state index contributed by atoms with van der Waals surface area (Å²) in [5.41, 5.74) is 17.1. The lowest BCUT2D eigenvalue weighted by atomic mass is 9.83. The molecule has 0 spiro atoms. The molecule has 33 heavy (non-hydrogen) atoms. The SMILES string of the molecule is CCN[C@@H]1C[C@H](N)C(O[C@H]2O[C@H](CN)CC[C@H]2N)[C@H](O)[C@H]1O[C@H]1OC[C@](C)(O)[C@H](NC)[C@H]1O. The third-order valence-corrected chi connectivity index (χ3v) is 6.97. The van der Waals surface area contributed by atoms with Gasteiger partial charge in [0.15, 0.2) is 12.6 Å². The van der Waals surface area contributed by atoms with Crippen molar-refractivity contribution in [1.29, 1.82) is 0 Å². The average molecular weight is 478 g/mol. The molecule has 0 aromatic carbocycles. The second-order valence-electron chi connectivity index (χ2n) is 9.65. The Morgan fingerprint density at radius 1 is 1.06 bits per heavy atom. The third kappa shape index (κ3) is 6.02. The first kappa shape index (κ1) is 27.1. The molecule has 12 nitrogen and oxygen atoms in total. The number of likely N-dealkylation sites (N-methyl/N-ethyl adjacent to an activating group) is 2. The summed E-state index contributed by atoms with van der Waals surface area (Å²) in [6.07, 6.45) is -3.97. The normalized spacial score (nSPS) is 49.2. The van der Waals surface area contributed by atoms with E-state index < -0.39 is 54.7 Å². The fraction of sp³-hybridized carbons (Fsp3) is 1.00. The van der Waals surface area contributed by atoms with E-state index in [0.717, 1.165) is 6.42 Å². The van der Waals surface area contributed by atoms with Crippen LogP contribution in [0.15, 0.2) is 0 Å². The Balaban J connectivity index is 1.74. The number of aliphatic hydroxyl groups excluding tert-OH is 2. The predicted octanol–water partition coefficient (Wildman–Crippen LogP) is -3.33. The van der Waals surface area contributed by atoms with Gasteiger partial charge in [-0.3, -0.25) is 0 Å². The molecule has 11 N–H and O–H groups in total. The van der Waals surface area contributed by atoms with Crippen molar-refractivity contribution in [2.45, 2.75) is 106 Å². The standard InChI is InChI=1S/C21H43N5O7/c1-4-26-13-7-12(24)16(32-19-11(23)6-5-10(8-22)31-19)14(27)17(13)33-20-15(28)18(25-3)21(2,29)9-30-20/h10-20,25-29H,4-9,22-24H2,1-3H3/t10-,11+,12-,13+,14-,15+,16?,17-,18+,19+,20+,21-/m0/s1. The lowest BCUT2D eigenvalue weighted by Crippen LogP contribution is -2.69. The topological polar surface area (TPSA) is 200 Å². The Labute approximate surface area is 195 Å². The van der Waals surface area contributed by atoms with Crippen molar-refractivity contribution in [2.75, 3.05) is 26.7 Å². The van der Waals surface area contributed by atoms with Gasteiger partial charge in [-0.2, -0.15) is 0 Å². The van der Waals surface area contributed by atoms with E-state index in [0.29, 0.717) is 25.9 Å². The highest BCUT2D eigenvalue weighted by atomic mass is 16.7. The molecule has 3 fully saturated rings. The van der Waals surface area contributed by atoms with Gasteiger partial charge in [0.2, 0.25) is 0 Å². The first-order valence-corrected chi connectivity index (χ1v) is 11.9. The van der Waals surface area contributed by atoms with Crippen LogP contribution < -0.4 is 27.8 Å².